The number of nitrogens with zero attached hydrogens (tertiary/aromatic N) is 1. The minimum Gasteiger partial charge on any atom is -0.466 e. The van der Waals surface area contributed by atoms with Crippen molar-refractivity contribution in [1.29, 1.82) is 0 Å². The van der Waals surface area contributed by atoms with Crippen LogP contribution in [0.2, 0.25) is 0 Å². The molecule has 0 heterocycles. The largest absolute Gasteiger partial charge is 0.466 e. The topological polar surface area (TPSA) is 29.5 Å². The van der Waals surface area contributed by atoms with Gasteiger partial charge in [0.05, 0.1) is 6.61 Å². The van der Waals surface area contributed by atoms with Gasteiger partial charge >= 0.3 is 5.97 Å². The Kier molecular flexibility index (Phi) is 11.5. The number of carbonyl (C=O) groups excluding carboxylic acids is 1. The van der Waals surface area contributed by atoms with Crippen LogP contribution < -0.4 is 0 Å². The molecule has 0 aliphatic heterocycles. The summed E-state index contributed by atoms with van der Waals surface area (Å²) in [5, 5.41) is 0. The second-order valence-electron chi connectivity index (χ2n) is 4.90. The molecule has 0 amide bonds. The second kappa shape index (κ2) is 11.9. The van der Waals surface area contributed by atoms with Crippen LogP contribution in [0, 0.1) is 0 Å². The Hall–Kier alpha value is -0.570. The van der Waals surface area contributed by atoms with E-state index in [4.69, 9.17) is 4.74 Å². The highest BCUT2D eigenvalue weighted by atomic mass is 16.5. The minimum atomic E-state index is -0.0219. The van der Waals surface area contributed by atoms with Crippen molar-refractivity contribution in [2.24, 2.45) is 0 Å². The number of rotatable bonds is 11. The van der Waals surface area contributed by atoms with Gasteiger partial charge in [-0.1, -0.05) is 32.6 Å². The molecule has 0 aliphatic carbocycles. The van der Waals surface area contributed by atoms with Crippen molar-refractivity contribution in [3.63, 3.8) is 0 Å². The standard InChI is InChI=1S/C14H29NO2/c1-4-5-6-7-8-11-14(16)17-13-10-9-12-15(2)3/h4-13H2,1-3H3. The van der Waals surface area contributed by atoms with Gasteiger partial charge in [0.1, 0.15) is 0 Å². The summed E-state index contributed by atoms with van der Waals surface area (Å²) in [7, 11) is 4.12. The van der Waals surface area contributed by atoms with Gasteiger partial charge < -0.3 is 9.64 Å². The quantitative estimate of drug-likeness (QED) is 0.412. The molecular formula is C14H29NO2. The van der Waals surface area contributed by atoms with Crippen molar-refractivity contribution in [3.8, 4) is 0 Å². The Labute approximate surface area is 107 Å². The van der Waals surface area contributed by atoms with E-state index in [2.05, 4.69) is 25.9 Å². The normalized spacial score (nSPS) is 10.8. The van der Waals surface area contributed by atoms with E-state index in [0.29, 0.717) is 13.0 Å². The molecule has 0 aromatic heterocycles. The molecule has 3 nitrogen and oxygen atoms in total. The number of hydrogen-bond donors (Lipinski definition) is 0. The summed E-state index contributed by atoms with van der Waals surface area (Å²) >= 11 is 0. The maximum absolute atomic E-state index is 11.3. The molecule has 0 fully saturated rings. The first kappa shape index (κ1) is 16.4. The smallest absolute Gasteiger partial charge is 0.305 e. The molecule has 0 bridgehead atoms. The molecule has 0 aromatic rings. The van der Waals surface area contributed by atoms with Crippen LogP contribution in [0.25, 0.3) is 0 Å². The highest BCUT2D eigenvalue weighted by Gasteiger charge is 2.02. The van der Waals surface area contributed by atoms with Crippen LogP contribution in [0.3, 0.4) is 0 Å². The molecule has 0 rings (SSSR count). The number of hydrogen-bond acceptors (Lipinski definition) is 3. The number of esters is 1. The lowest BCUT2D eigenvalue weighted by Crippen LogP contribution is -2.14. The number of ether oxygens (including phenoxy) is 1. The molecule has 0 aliphatic rings. The molecule has 0 aromatic carbocycles. The van der Waals surface area contributed by atoms with Gasteiger partial charge in [-0.15, -0.1) is 0 Å². The predicted molar refractivity (Wildman–Crippen MR) is 72.1 cm³/mol. The molecule has 3 heteroatoms. The van der Waals surface area contributed by atoms with E-state index >= 15 is 0 Å². The maximum atomic E-state index is 11.3. The van der Waals surface area contributed by atoms with E-state index in [1.807, 2.05) is 0 Å². The van der Waals surface area contributed by atoms with E-state index in [0.717, 1.165) is 32.2 Å². The van der Waals surface area contributed by atoms with Crippen LogP contribution in [-0.2, 0) is 9.53 Å². The summed E-state index contributed by atoms with van der Waals surface area (Å²) in [6.07, 6.45) is 8.57. The third kappa shape index (κ3) is 13.4. The summed E-state index contributed by atoms with van der Waals surface area (Å²) in [6, 6.07) is 0. The van der Waals surface area contributed by atoms with Crippen LogP contribution in [0.15, 0.2) is 0 Å². The third-order valence-electron chi connectivity index (χ3n) is 2.75. The van der Waals surface area contributed by atoms with Gasteiger partial charge in [-0.25, -0.2) is 0 Å². The van der Waals surface area contributed by atoms with Gasteiger partial charge in [-0.05, 0) is 39.9 Å². The van der Waals surface area contributed by atoms with Crippen molar-refractivity contribution in [3.05, 3.63) is 0 Å². The molecule has 0 N–H and O–H groups in total. The van der Waals surface area contributed by atoms with Gasteiger partial charge in [0.2, 0.25) is 0 Å². The third-order valence-corrected chi connectivity index (χ3v) is 2.75. The van der Waals surface area contributed by atoms with E-state index in [9.17, 15) is 4.79 Å². The molecule has 0 saturated heterocycles. The Morgan fingerprint density at radius 3 is 2.35 bits per heavy atom. The van der Waals surface area contributed by atoms with Crippen LogP contribution in [-0.4, -0.2) is 38.1 Å². The zero-order valence-corrected chi connectivity index (χ0v) is 11.8. The van der Waals surface area contributed by atoms with E-state index in [-0.39, 0.29) is 5.97 Å². The molecule has 0 saturated carbocycles. The van der Waals surface area contributed by atoms with Crippen LogP contribution in [0.5, 0.6) is 0 Å². The Balaban J connectivity index is 3.18. The fourth-order valence-corrected chi connectivity index (χ4v) is 1.66. The zero-order valence-electron chi connectivity index (χ0n) is 11.8. The molecule has 0 spiro atoms. The number of carbonyl (C=O) groups is 1. The maximum Gasteiger partial charge on any atom is 0.305 e. The fourth-order valence-electron chi connectivity index (χ4n) is 1.66. The van der Waals surface area contributed by atoms with E-state index < -0.39 is 0 Å². The lowest BCUT2D eigenvalue weighted by atomic mass is 10.1. The van der Waals surface area contributed by atoms with Crippen molar-refractivity contribution in [2.75, 3.05) is 27.2 Å². The first-order valence-electron chi connectivity index (χ1n) is 6.97. The Bertz CT molecular complexity index is 181. The van der Waals surface area contributed by atoms with Gasteiger partial charge in [-0.3, -0.25) is 4.79 Å². The molecule has 0 radical (unpaired) electrons. The van der Waals surface area contributed by atoms with Gasteiger partial charge in [0.15, 0.2) is 0 Å². The van der Waals surface area contributed by atoms with Crippen molar-refractivity contribution >= 4 is 5.97 Å². The predicted octanol–water partition coefficient (Wildman–Crippen LogP) is 3.23. The Morgan fingerprint density at radius 2 is 1.71 bits per heavy atom. The summed E-state index contributed by atoms with van der Waals surface area (Å²) < 4.78 is 5.17. The zero-order chi connectivity index (χ0) is 12.9. The van der Waals surface area contributed by atoms with Crippen molar-refractivity contribution in [2.45, 2.75) is 58.3 Å². The Morgan fingerprint density at radius 1 is 1.00 bits per heavy atom. The molecule has 17 heavy (non-hydrogen) atoms. The van der Waals surface area contributed by atoms with Crippen LogP contribution >= 0.6 is 0 Å². The summed E-state index contributed by atoms with van der Waals surface area (Å²) in [4.78, 5) is 13.5. The van der Waals surface area contributed by atoms with Gasteiger partial charge in [-0.2, -0.15) is 0 Å². The number of unbranched alkanes of at least 4 members (excludes halogenated alkanes) is 5. The molecule has 0 atom stereocenters. The molecular weight excluding hydrogens is 214 g/mol. The summed E-state index contributed by atoms with van der Waals surface area (Å²) in [6.45, 7) is 3.85. The average molecular weight is 243 g/mol. The monoisotopic (exact) mass is 243 g/mol. The summed E-state index contributed by atoms with van der Waals surface area (Å²) in [5.41, 5.74) is 0. The SMILES string of the molecule is CCCCCCCC(=O)OCCCCN(C)C. The highest BCUT2D eigenvalue weighted by molar-refractivity contribution is 5.69. The highest BCUT2D eigenvalue weighted by Crippen LogP contribution is 2.06. The molecule has 0 unspecified atom stereocenters. The van der Waals surface area contributed by atoms with Crippen LogP contribution in [0.1, 0.15) is 58.3 Å². The fraction of sp³-hybridized carbons (Fsp3) is 0.929. The van der Waals surface area contributed by atoms with Crippen molar-refractivity contribution in [1.82, 2.24) is 4.90 Å². The second-order valence-corrected chi connectivity index (χ2v) is 4.90. The van der Waals surface area contributed by atoms with Crippen LogP contribution in [0.4, 0.5) is 0 Å². The first-order valence-corrected chi connectivity index (χ1v) is 6.97. The summed E-state index contributed by atoms with van der Waals surface area (Å²) in [5.74, 6) is -0.0219. The van der Waals surface area contributed by atoms with Crippen molar-refractivity contribution < 1.29 is 9.53 Å². The molecule has 102 valence electrons. The minimum absolute atomic E-state index is 0.0219. The van der Waals surface area contributed by atoms with Gasteiger partial charge in [0, 0.05) is 6.42 Å². The average Bonchev–Trinajstić information content (AvgIpc) is 2.28. The van der Waals surface area contributed by atoms with E-state index in [1.54, 1.807) is 0 Å². The first-order chi connectivity index (χ1) is 8.16. The lowest BCUT2D eigenvalue weighted by molar-refractivity contribution is -0.143. The lowest BCUT2D eigenvalue weighted by Gasteiger charge is -2.09. The van der Waals surface area contributed by atoms with E-state index in [1.165, 1.54) is 19.3 Å². The van der Waals surface area contributed by atoms with Gasteiger partial charge in [0.25, 0.3) is 0 Å².